The smallest absolute Gasteiger partial charge is 0.264 e. The van der Waals surface area contributed by atoms with E-state index in [4.69, 9.17) is 0 Å². The number of rotatable bonds is 9. The van der Waals surface area contributed by atoms with Crippen LogP contribution >= 0.6 is 0 Å². The Bertz CT molecular complexity index is 1670. The number of para-hydroxylation sites is 1. The highest BCUT2D eigenvalue weighted by Gasteiger charge is 2.25. The molecule has 0 heterocycles. The Hall–Kier alpha value is -4.68. The molecule has 0 saturated heterocycles. The highest BCUT2D eigenvalue weighted by atomic mass is 32.2. The van der Waals surface area contributed by atoms with Crippen molar-refractivity contribution >= 4 is 21.6 Å². The van der Waals surface area contributed by atoms with Crippen molar-refractivity contribution in [2.75, 3.05) is 4.31 Å². The van der Waals surface area contributed by atoms with E-state index < -0.39 is 10.0 Å². The van der Waals surface area contributed by atoms with Crippen LogP contribution in [0.5, 0.6) is 0 Å². The van der Waals surface area contributed by atoms with Gasteiger partial charge in [0.15, 0.2) is 0 Å². The Morgan fingerprint density at radius 3 is 1.88 bits per heavy atom. The second kappa shape index (κ2) is 12.0. The van der Waals surface area contributed by atoms with Crippen molar-refractivity contribution in [2.24, 2.45) is 0 Å². The van der Waals surface area contributed by atoms with Gasteiger partial charge in [-0.3, -0.25) is 9.10 Å². The SMILES string of the molecule is Cc1ccccc1[C@@H](NC(=O)c1ccc(CN(c2ccccc2)S(=O)(=O)c2ccccc2)cc1)c1ccccc1. The summed E-state index contributed by atoms with van der Waals surface area (Å²) in [5, 5.41) is 3.19. The summed E-state index contributed by atoms with van der Waals surface area (Å²) in [7, 11) is -3.81. The molecule has 5 aromatic carbocycles. The molecule has 5 aromatic rings. The Labute approximate surface area is 235 Å². The maximum atomic E-state index is 13.6. The molecule has 0 spiro atoms. The molecule has 0 aliphatic rings. The van der Waals surface area contributed by atoms with Gasteiger partial charge in [-0.05, 0) is 65.6 Å². The lowest BCUT2D eigenvalue weighted by Gasteiger charge is -2.25. The first-order chi connectivity index (χ1) is 19.4. The summed E-state index contributed by atoms with van der Waals surface area (Å²) in [5.74, 6) is -0.208. The molecule has 1 N–H and O–H groups in total. The number of sulfonamides is 1. The van der Waals surface area contributed by atoms with Gasteiger partial charge in [0, 0.05) is 5.56 Å². The van der Waals surface area contributed by atoms with Crippen LogP contribution in [0.2, 0.25) is 0 Å². The number of benzene rings is 5. The first-order valence-corrected chi connectivity index (χ1v) is 14.5. The van der Waals surface area contributed by atoms with Crippen molar-refractivity contribution in [1.29, 1.82) is 0 Å². The number of hydrogen-bond donors (Lipinski definition) is 1. The standard InChI is InChI=1S/C34H30N2O3S/c1-26-13-11-12-20-32(26)33(28-14-5-2-6-15-28)35-34(37)29-23-21-27(22-24-29)25-36(30-16-7-3-8-17-30)40(38,39)31-18-9-4-10-19-31/h2-24,33H,25H2,1H3,(H,35,37)/t33-/m0/s1. The van der Waals surface area contributed by atoms with Gasteiger partial charge in [0.2, 0.25) is 0 Å². The molecule has 1 amide bonds. The summed E-state index contributed by atoms with van der Waals surface area (Å²) in [6.45, 7) is 2.16. The summed E-state index contributed by atoms with van der Waals surface area (Å²) >= 11 is 0. The van der Waals surface area contributed by atoms with E-state index in [1.807, 2.05) is 79.7 Å². The van der Waals surface area contributed by atoms with Crippen LogP contribution in [0.4, 0.5) is 5.69 Å². The lowest BCUT2D eigenvalue weighted by molar-refractivity contribution is 0.0943. The molecule has 0 radical (unpaired) electrons. The van der Waals surface area contributed by atoms with Crippen molar-refractivity contribution in [1.82, 2.24) is 5.32 Å². The molecule has 0 aromatic heterocycles. The Morgan fingerprint density at radius 1 is 0.700 bits per heavy atom. The van der Waals surface area contributed by atoms with Gasteiger partial charge in [0.1, 0.15) is 0 Å². The van der Waals surface area contributed by atoms with E-state index in [-0.39, 0.29) is 23.4 Å². The summed E-state index contributed by atoms with van der Waals surface area (Å²) in [5.41, 5.74) is 4.94. The van der Waals surface area contributed by atoms with Crippen LogP contribution in [0.3, 0.4) is 0 Å². The molecule has 0 fully saturated rings. The van der Waals surface area contributed by atoms with Crippen LogP contribution in [-0.4, -0.2) is 14.3 Å². The molecule has 0 unspecified atom stereocenters. The predicted molar refractivity (Wildman–Crippen MR) is 160 cm³/mol. The number of hydrogen-bond acceptors (Lipinski definition) is 3. The number of amides is 1. The average Bonchev–Trinajstić information content (AvgIpc) is 3.00. The largest absolute Gasteiger partial charge is 0.341 e. The van der Waals surface area contributed by atoms with Gasteiger partial charge in [-0.1, -0.05) is 103 Å². The maximum Gasteiger partial charge on any atom is 0.264 e. The minimum atomic E-state index is -3.81. The highest BCUT2D eigenvalue weighted by molar-refractivity contribution is 7.92. The van der Waals surface area contributed by atoms with Gasteiger partial charge in [-0.15, -0.1) is 0 Å². The third-order valence-electron chi connectivity index (χ3n) is 6.83. The van der Waals surface area contributed by atoms with Crippen molar-refractivity contribution in [3.8, 4) is 0 Å². The van der Waals surface area contributed by atoms with E-state index in [1.165, 1.54) is 4.31 Å². The van der Waals surface area contributed by atoms with Crippen LogP contribution in [0.1, 0.15) is 38.7 Å². The van der Waals surface area contributed by atoms with Gasteiger partial charge in [0.05, 0.1) is 23.2 Å². The Kier molecular flexibility index (Phi) is 8.08. The van der Waals surface area contributed by atoms with Crippen molar-refractivity contribution in [3.63, 3.8) is 0 Å². The number of anilines is 1. The van der Waals surface area contributed by atoms with E-state index in [9.17, 15) is 13.2 Å². The number of aryl methyl sites for hydroxylation is 1. The molecule has 0 saturated carbocycles. The molecule has 5 rings (SSSR count). The van der Waals surface area contributed by atoms with Gasteiger partial charge < -0.3 is 5.32 Å². The maximum absolute atomic E-state index is 13.6. The zero-order chi connectivity index (χ0) is 28.0. The van der Waals surface area contributed by atoms with E-state index in [2.05, 4.69) is 5.32 Å². The summed E-state index contributed by atoms with van der Waals surface area (Å²) in [6, 6.07) is 42.1. The predicted octanol–water partition coefficient (Wildman–Crippen LogP) is 6.91. The lowest BCUT2D eigenvalue weighted by Crippen LogP contribution is -2.31. The molecular formula is C34H30N2O3S. The van der Waals surface area contributed by atoms with E-state index in [1.54, 1.807) is 66.7 Å². The first-order valence-electron chi connectivity index (χ1n) is 13.1. The monoisotopic (exact) mass is 546 g/mol. The average molecular weight is 547 g/mol. The lowest BCUT2D eigenvalue weighted by atomic mass is 9.94. The Balaban J connectivity index is 1.40. The number of nitrogens with one attached hydrogen (secondary N) is 1. The van der Waals surface area contributed by atoms with Crippen LogP contribution in [0.25, 0.3) is 0 Å². The van der Waals surface area contributed by atoms with E-state index in [0.717, 1.165) is 22.3 Å². The molecule has 0 bridgehead atoms. The molecule has 1 atom stereocenters. The second-order valence-corrected chi connectivity index (χ2v) is 11.4. The third-order valence-corrected chi connectivity index (χ3v) is 8.61. The zero-order valence-electron chi connectivity index (χ0n) is 22.1. The molecule has 200 valence electrons. The Morgan fingerprint density at radius 2 is 1.25 bits per heavy atom. The van der Waals surface area contributed by atoms with E-state index in [0.29, 0.717) is 11.3 Å². The molecule has 40 heavy (non-hydrogen) atoms. The van der Waals surface area contributed by atoms with Crippen LogP contribution in [0.15, 0.2) is 144 Å². The number of nitrogens with zero attached hydrogens (tertiary/aromatic N) is 1. The topological polar surface area (TPSA) is 66.5 Å². The minimum absolute atomic E-state index is 0.124. The molecular weight excluding hydrogens is 516 g/mol. The fourth-order valence-corrected chi connectivity index (χ4v) is 6.14. The molecule has 0 aliphatic carbocycles. The van der Waals surface area contributed by atoms with Crippen molar-refractivity contribution < 1.29 is 13.2 Å². The molecule has 6 heteroatoms. The van der Waals surface area contributed by atoms with E-state index >= 15 is 0 Å². The zero-order valence-corrected chi connectivity index (χ0v) is 23.0. The summed E-state index contributed by atoms with van der Waals surface area (Å²) in [4.78, 5) is 13.6. The fraction of sp³-hybridized carbons (Fsp3) is 0.0882. The number of carbonyl (C=O) groups excluding carboxylic acids is 1. The number of carbonyl (C=O) groups is 1. The van der Waals surface area contributed by atoms with Gasteiger partial charge in [-0.2, -0.15) is 0 Å². The normalized spacial score (nSPS) is 11.9. The second-order valence-electron chi connectivity index (χ2n) is 9.53. The van der Waals surface area contributed by atoms with Crippen LogP contribution in [0, 0.1) is 6.92 Å². The van der Waals surface area contributed by atoms with Crippen LogP contribution in [-0.2, 0) is 16.6 Å². The fourth-order valence-electron chi connectivity index (χ4n) is 4.67. The first kappa shape index (κ1) is 26.9. The quantitative estimate of drug-likeness (QED) is 0.218. The highest BCUT2D eigenvalue weighted by Crippen LogP contribution is 2.27. The molecule has 5 nitrogen and oxygen atoms in total. The van der Waals surface area contributed by atoms with Gasteiger partial charge in [0.25, 0.3) is 15.9 Å². The van der Waals surface area contributed by atoms with Gasteiger partial charge >= 0.3 is 0 Å². The van der Waals surface area contributed by atoms with Crippen molar-refractivity contribution in [3.05, 3.63) is 167 Å². The third kappa shape index (κ3) is 5.98. The van der Waals surface area contributed by atoms with Gasteiger partial charge in [-0.25, -0.2) is 8.42 Å². The summed E-state index contributed by atoms with van der Waals surface area (Å²) in [6.07, 6.45) is 0. The summed E-state index contributed by atoms with van der Waals surface area (Å²) < 4.78 is 28.6. The van der Waals surface area contributed by atoms with Crippen molar-refractivity contribution in [2.45, 2.75) is 24.4 Å². The minimum Gasteiger partial charge on any atom is -0.341 e. The van der Waals surface area contributed by atoms with Crippen LogP contribution < -0.4 is 9.62 Å². The molecule has 0 aliphatic heterocycles.